The molecule has 0 aliphatic heterocycles. The van der Waals surface area contributed by atoms with Gasteiger partial charge in [-0.25, -0.2) is 0 Å². The van der Waals surface area contributed by atoms with Gasteiger partial charge in [-0.3, -0.25) is 4.79 Å². The zero-order chi connectivity index (χ0) is 19.4. The van der Waals surface area contributed by atoms with Gasteiger partial charge in [-0.15, -0.1) is 0 Å². The standard InChI is InChI=1S/C24H40O3/c1-15(4-9-22(26)27)19-7-8-20-18-6-5-16-14-17(25)10-12-23(16,2)21(18)11-13-24(19,20)3/h15-21,25H,4-14H2,1-3H3,(H,26,27)/t15-,16+,17+,18?,19?,20-,21-,23-,24+/m0/s1. The van der Waals surface area contributed by atoms with E-state index in [4.69, 9.17) is 5.11 Å². The van der Waals surface area contributed by atoms with Gasteiger partial charge in [0, 0.05) is 6.42 Å². The van der Waals surface area contributed by atoms with E-state index in [0.717, 1.165) is 42.9 Å². The number of aliphatic hydroxyl groups excluding tert-OH is 1. The molecule has 0 spiro atoms. The van der Waals surface area contributed by atoms with E-state index in [-0.39, 0.29) is 6.10 Å². The maximum atomic E-state index is 11.0. The van der Waals surface area contributed by atoms with Crippen LogP contribution in [-0.4, -0.2) is 22.3 Å². The average Bonchev–Trinajstić information content (AvgIpc) is 2.97. The van der Waals surface area contributed by atoms with Crippen molar-refractivity contribution in [3.63, 3.8) is 0 Å². The van der Waals surface area contributed by atoms with Crippen LogP contribution in [0.3, 0.4) is 0 Å². The highest BCUT2D eigenvalue weighted by Gasteiger charge is 2.60. The van der Waals surface area contributed by atoms with Gasteiger partial charge >= 0.3 is 5.97 Å². The molecule has 4 rings (SSSR count). The number of carboxylic acid groups (broad SMARTS) is 1. The molecule has 4 fully saturated rings. The highest BCUT2D eigenvalue weighted by atomic mass is 16.4. The Morgan fingerprint density at radius 2 is 1.70 bits per heavy atom. The van der Waals surface area contributed by atoms with Crippen molar-refractivity contribution in [1.29, 1.82) is 0 Å². The van der Waals surface area contributed by atoms with Crippen molar-refractivity contribution in [2.75, 3.05) is 0 Å². The fourth-order valence-corrected chi connectivity index (χ4v) is 8.76. The summed E-state index contributed by atoms with van der Waals surface area (Å²) in [4.78, 5) is 11.0. The Hall–Kier alpha value is -0.570. The van der Waals surface area contributed by atoms with Crippen LogP contribution < -0.4 is 0 Å². The second-order valence-corrected chi connectivity index (χ2v) is 11.2. The number of aliphatic hydroxyl groups is 1. The van der Waals surface area contributed by atoms with Gasteiger partial charge in [0.15, 0.2) is 0 Å². The number of carbonyl (C=O) groups is 1. The summed E-state index contributed by atoms with van der Waals surface area (Å²) in [6.07, 6.45) is 12.4. The van der Waals surface area contributed by atoms with Crippen LogP contribution in [0.4, 0.5) is 0 Å². The second kappa shape index (κ2) is 7.04. The van der Waals surface area contributed by atoms with Gasteiger partial charge in [0.05, 0.1) is 6.10 Å². The lowest BCUT2D eigenvalue weighted by Crippen LogP contribution is -2.54. The fraction of sp³-hybridized carbons (Fsp3) is 0.958. The van der Waals surface area contributed by atoms with Crippen molar-refractivity contribution in [3.8, 4) is 0 Å². The fourth-order valence-electron chi connectivity index (χ4n) is 8.76. The monoisotopic (exact) mass is 376 g/mol. The predicted octanol–water partition coefficient (Wildman–Crippen LogP) is 5.51. The summed E-state index contributed by atoms with van der Waals surface area (Å²) in [7, 11) is 0. The SMILES string of the molecule is C[C@@H](CCC(=O)O)C1CC[C@H]2C3CC[C@@H]4C[C@H](O)CC[C@]4(C)[C@H]3CC[C@]12C. The molecule has 27 heavy (non-hydrogen) atoms. The third-order valence-corrected chi connectivity index (χ3v) is 10.2. The lowest BCUT2D eigenvalue weighted by Gasteiger charge is -2.61. The van der Waals surface area contributed by atoms with Gasteiger partial charge in [-0.1, -0.05) is 20.8 Å². The summed E-state index contributed by atoms with van der Waals surface area (Å²) in [6, 6.07) is 0. The normalized spacial score (nSPS) is 50.4. The molecule has 0 bridgehead atoms. The van der Waals surface area contributed by atoms with E-state index in [1.165, 1.54) is 44.9 Å². The number of carboxylic acids is 1. The van der Waals surface area contributed by atoms with Crippen molar-refractivity contribution in [2.24, 2.45) is 46.3 Å². The van der Waals surface area contributed by atoms with E-state index in [0.29, 0.717) is 29.1 Å². The average molecular weight is 377 g/mol. The summed E-state index contributed by atoms with van der Waals surface area (Å²) in [5, 5.41) is 19.3. The van der Waals surface area contributed by atoms with Gasteiger partial charge in [-0.2, -0.15) is 0 Å². The van der Waals surface area contributed by atoms with Crippen LogP contribution in [0.1, 0.15) is 91.4 Å². The molecular formula is C24H40O3. The summed E-state index contributed by atoms with van der Waals surface area (Å²) in [5.74, 6) is 3.91. The Balaban J connectivity index is 1.51. The zero-order valence-electron chi connectivity index (χ0n) is 17.6. The topological polar surface area (TPSA) is 57.5 Å². The second-order valence-electron chi connectivity index (χ2n) is 11.2. The number of hydrogen-bond donors (Lipinski definition) is 2. The number of aliphatic carboxylic acids is 1. The van der Waals surface area contributed by atoms with Gasteiger partial charge in [0.25, 0.3) is 0 Å². The molecule has 0 aromatic carbocycles. The molecule has 9 atom stereocenters. The van der Waals surface area contributed by atoms with Crippen LogP contribution >= 0.6 is 0 Å². The Morgan fingerprint density at radius 3 is 2.44 bits per heavy atom. The summed E-state index contributed by atoms with van der Waals surface area (Å²) in [5.41, 5.74) is 0.882. The molecule has 154 valence electrons. The van der Waals surface area contributed by atoms with Crippen molar-refractivity contribution in [2.45, 2.75) is 97.5 Å². The number of fused-ring (bicyclic) bond motifs is 5. The van der Waals surface area contributed by atoms with Crippen LogP contribution in [0, 0.1) is 46.3 Å². The zero-order valence-corrected chi connectivity index (χ0v) is 17.6. The van der Waals surface area contributed by atoms with Crippen LogP contribution in [0.15, 0.2) is 0 Å². The first-order valence-corrected chi connectivity index (χ1v) is 11.7. The smallest absolute Gasteiger partial charge is 0.303 e. The largest absolute Gasteiger partial charge is 0.481 e. The first kappa shape index (κ1) is 19.7. The minimum Gasteiger partial charge on any atom is -0.481 e. The van der Waals surface area contributed by atoms with Crippen molar-refractivity contribution >= 4 is 5.97 Å². The first-order chi connectivity index (χ1) is 12.8. The molecular weight excluding hydrogens is 336 g/mol. The van der Waals surface area contributed by atoms with E-state index in [9.17, 15) is 9.90 Å². The third-order valence-electron chi connectivity index (χ3n) is 10.2. The molecule has 0 aromatic rings. The molecule has 0 heterocycles. The molecule has 2 unspecified atom stereocenters. The predicted molar refractivity (Wildman–Crippen MR) is 107 cm³/mol. The minimum atomic E-state index is -0.643. The molecule has 3 heteroatoms. The Morgan fingerprint density at radius 1 is 1.00 bits per heavy atom. The Bertz CT molecular complexity index is 574. The van der Waals surface area contributed by atoms with E-state index in [1.54, 1.807) is 0 Å². The molecule has 0 aromatic heterocycles. The third kappa shape index (κ3) is 3.16. The summed E-state index contributed by atoms with van der Waals surface area (Å²) < 4.78 is 0. The van der Waals surface area contributed by atoms with Crippen molar-refractivity contribution in [3.05, 3.63) is 0 Å². The van der Waals surface area contributed by atoms with Crippen LogP contribution in [0.5, 0.6) is 0 Å². The first-order valence-electron chi connectivity index (χ1n) is 11.7. The summed E-state index contributed by atoms with van der Waals surface area (Å²) in [6.45, 7) is 7.43. The lowest BCUT2D eigenvalue weighted by atomic mass is 9.44. The molecule has 4 aliphatic rings. The van der Waals surface area contributed by atoms with Gasteiger partial charge in [0.1, 0.15) is 0 Å². The lowest BCUT2D eigenvalue weighted by molar-refractivity contribution is -0.138. The minimum absolute atomic E-state index is 0.0561. The number of rotatable bonds is 4. The molecule has 4 aliphatic carbocycles. The maximum Gasteiger partial charge on any atom is 0.303 e. The van der Waals surface area contributed by atoms with E-state index >= 15 is 0 Å². The number of hydrogen-bond acceptors (Lipinski definition) is 2. The van der Waals surface area contributed by atoms with Crippen molar-refractivity contribution < 1.29 is 15.0 Å². The van der Waals surface area contributed by atoms with Gasteiger partial charge < -0.3 is 10.2 Å². The van der Waals surface area contributed by atoms with E-state index in [1.807, 2.05) is 0 Å². The molecule has 4 saturated carbocycles. The molecule has 0 amide bonds. The highest BCUT2D eigenvalue weighted by Crippen LogP contribution is 2.68. The summed E-state index contributed by atoms with van der Waals surface area (Å²) >= 11 is 0. The molecule has 3 nitrogen and oxygen atoms in total. The van der Waals surface area contributed by atoms with Crippen LogP contribution in [0.25, 0.3) is 0 Å². The van der Waals surface area contributed by atoms with Gasteiger partial charge in [-0.05, 0) is 111 Å². The highest BCUT2D eigenvalue weighted by molar-refractivity contribution is 5.66. The maximum absolute atomic E-state index is 11.0. The molecule has 2 N–H and O–H groups in total. The Kier molecular flexibility index (Phi) is 5.15. The molecule has 0 radical (unpaired) electrons. The van der Waals surface area contributed by atoms with E-state index < -0.39 is 5.97 Å². The van der Waals surface area contributed by atoms with Crippen molar-refractivity contribution in [1.82, 2.24) is 0 Å². The molecule has 0 saturated heterocycles. The Labute approximate surface area is 165 Å². The quantitative estimate of drug-likeness (QED) is 0.680. The van der Waals surface area contributed by atoms with Crippen LogP contribution in [-0.2, 0) is 4.79 Å². The van der Waals surface area contributed by atoms with E-state index in [2.05, 4.69) is 20.8 Å². The van der Waals surface area contributed by atoms with Crippen LogP contribution in [0.2, 0.25) is 0 Å². The van der Waals surface area contributed by atoms with Gasteiger partial charge in [0.2, 0.25) is 0 Å².